The van der Waals surface area contributed by atoms with Crippen molar-refractivity contribution in [2.75, 3.05) is 0 Å². The molecule has 0 saturated heterocycles. The summed E-state index contributed by atoms with van der Waals surface area (Å²) in [5, 5.41) is 3.92. The third-order valence-corrected chi connectivity index (χ3v) is 3.19. The molecule has 0 saturated carbocycles. The molecule has 1 amide bonds. The zero-order valence-corrected chi connectivity index (χ0v) is 11.6. The summed E-state index contributed by atoms with van der Waals surface area (Å²) in [7, 11) is 0. The zero-order chi connectivity index (χ0) is 14.7. The Kier molecular flexibility index (Phi) is 3.55. The first-order chi connectivity index (χ1) is 10.2. The van der Waals surface area contributed by atoms with Crippen LogP contribution in [0.3, 0.4) is 0 Å². The lowest BCUT2D eigenvalue weighted by atomic mass is 10.1. The first-order valence-corrected chi connectivity index (χ1v) is 6.64. The van der Waals surface area contributed by atoms with E-state index in [4.69, 9.17) is 0 Å². The molecule has 0 aliphatic heterocycles. The molecule has 1 N–H and O–H groups in total. The third kappa shape index (κ3) is 2.86. The van der Waals surface area contributed by atoms with Gasteiger partial charge in [0.05, 0.1) is 5.52 Å². The highest BCUT2D eigenvalue weighted by molar-refractivity contribution is 5.92. The summed E-state index contributed by atoms with van der Waals surface area (Å²) in [4.78, 5) is 24.5. The molecule has 2 aromatic heterocycles. The van der Waals surface area contributed by atoms with E-state index in [9.17, 15) is 4.79 Å². The summed E-state index contributed by atoms with van der Waals surface area (Å²) >= 11 is 0. The van der Waals surface area contributed by atoms with Gasteiger partial charge in [0.15, 0.2) is 0 Å². The molecular formula is C16H14N4O. The fourth-order valence-corrected chi connectivity index (χ4v) is 2.16. The maximum atomic E-state index is 12.1. The average Bonchev–Trinajstić information content (AvgIpc) is 2.52. The van der Waals surface area contributed by atoms with E-state index in [1.807, 2.05) is 30.3 Å². The van der Waals surface area contributed by atoms with E-state index < -0.39 is 0 Å². The molecule has 0 aliphatic carbocycles. The minimum atomic E-state index is -0.207. The first kappa shape index (κ1) is 13.2. The van der Waals surface area contributed by atoms with Crippen LogP contribution in [0.5, 0.6) is 0 Å². The molecule has 0 radical (unpaired) electrons. The van der Waals surface area contributed by atoms with E-state index in [-0.39, 0.29) is 5.91 Å². The van der Waals surface area contributed by atoms with Crippen LogP contribution < -0.4 is 5.32 Å². The molecule has 5 heteroatoms. The number of hydrogen-bond acceptors (Lipinski definition) is 4. The number of aryl methyl sites for hydroxylation is 1. The highest BCUT2D eigenvalue weighted by atomic mass is 16.1. The van der Waals surface area contributed by atoms with Gasteiger partial charge in [0, 0.05) is 24.3 Å². The van der Waals surface area contributed by atoms with Crippen molar-refractivity contribution in [1.82, 2.24) is 20.3 Å². The van der Waals surface area contributed by atoms with Gasteiger partial charge in [0.25, 0.3) is 5.91 Å². The van der Waals surface area contributed by atoms with E-state index in [2.05, 4.69) is 20.3 Å². The van der Waals surface area contributed by atoms with Crippen molar-refractivity contribution >= 4 is 16.8 Å². The van der Waals surface area contributed by atoms with Crippen LogP contribution in [0.1, 0.15) is 21.9 Å². The van der Waals surface area contributed by atoms with Gasteiger partial charge in [-0.15, -0.1) is 0 Å². The molecule has 3 rings (SSSR count). The SMILES string of the molecule is Cc1nccc(C(=O)NCc2ccnc3ccccc23)n1. The van der Waals surface area contributed by atoms with Gasteiger partial charge in [-0.05, 0) is 30.7 Å². The van der Waals surface area contributed by atoms with Crippen molar-refractivity contribution in [3.05, 3.63) is 65.9 Å². The van der Waals surface area contributed by atoms with Crippen LogP contribution in [0.25, 0.3) is 10.9 Å². The molecule has 0 atom stereocenters. The number of fused-ring (bicyclic) bond motifs is 1. The first-order valence-electron chi connectivity index (χ1n) is 6.64. The van der Waals surface area contributed by atoms with Crippen LogP contribution in [-0.2, 0) is 6.54 Å². The molecule has 5 nitrogen and oxygen atoms in total. The number of nitrogens with zero attached hydrogens (tertiary/aromatic N) is 3. The number of hydrogen-bond donors (Lipinski definition) is 1. The van der Waals surface area contributed by atoms with Gasteiger partial charge >= 0.3 is 0 Å². The Balaban J connectivity index is 1.79. The topological polar surface area (TPSA) is 67.8 Å². The molecule has 104 valence electrons. The monoisotopic (exact) mass is 278 g/mol. The summed E-state index contributed by atoms with van der Waals surface area (Å²) in [6.45, 7) is 2.19. The molecule has 21 heavy (non-hydrogen) atoms. The Bertz CT molecular complexity index is 796. The van der Waals surface area contributed by atoms with E-state index >= 15 is 0 Å². The number of aromatic nitrogens is 3. The van der Waals surface area contributed by atoms with E-state index in [1.54, 1.807) is 25.4 Å². The van der Waals surface area contributed by atoms with E-state index in [1.165, 1.54) is 0 Å². The van der Waals surface area contributed by atoms with E-state index in [0.29, 0.717) is 18.1 Å². The lowest BCUT2D eigenvalue weighted by molar-refractivity contribution is 0.0945. The average molecular weight is 278 g/mol. The standard InChI is InChI=1S/C16H14N4O/c1-11-17-9-7-15(20-11)16(21)19-10-12-6-8-18-14-5-3-2-4-13(12)14/h2-9H,10H2,1H3,(H,19,21). The van der Waals surface area contributed by atoms with Crippen LogP contribution in [-0.4, -0.2) is 20.9 Å². The predicted octanol–water partition coefficient (Wildman–Crippen LogP) is 2.26. The smallest absolute Gasteiger partial charge is 0.270 e. The largest absolute Gasteiger partial charge is 0.347 e. The summed E-state index contributed by atoms with van der Waals surface area (Å²) < 4.78 is 0. The van der Waals surface area contributed by atoms with Crippen molar-refractivity contribution in [2.24, 2.45) is 0 Å². The lowest BCUT2D eigenvalue weighted by Crippen LogP contribution is -2.24. The normalized spacial score (nSPS) is 10.5. The second-order valence-corrected chi connectivity index (χ2v) is 4.66. The van der Waals surface area contributed by atoms with Crippen LogP contribution >= 0.6 is 0 Å². The van der Waals surface area contributed by atoms with Crippen LogP contribution in [0.4, 0.5) is 0 Å². The second kappa shape index (κ2) is 5.66. The summed E-state index contributed by atoms with van der Waals surface area (Å²) in [6.07, 6.45) is 3.33. The number of carbonyl (C=O) groups is 1. The predicted molar refractivity (Wildman–Crippen MR) is 79.7 cm³/mol. The van der Waals surface area contributed by atoms with Gasteiger partial charge < -0.3 is 5.32 Å². The van der Waals surface area contributed by atoms with Gasteiger partial charge in [-0.3, -0.25) is 9.78 Å². The number of rotatable bonds is 3. The third-order valence-electron chi connectivity index (χ3n) is 3.19. The number of para-hydroxylation sites is 1. The molecule has 3 aromatic rings. The number of carbonyl (C=O) groups excluding carboxylic acids is 1. The molecule has 0 fully saturated rings. The Labute approximate surface area is 122 Å². The van der Waals surface area contributed by atoms with Crippen LogP contribution in [0.15, 0.2) is 48.8 Å². The number of nitrogens with one attached hydrogen (secondary N) is 1. The molecule has 0 unspecified atom stereocenters. The van der Waals surface area contributed by atoms with Gasteiger partial charge in [-0.1, -0.05) is 18.2 Å². The Hall–Kier alpha value is -2.82. The molecular weight excluding hydrogens is 264 g/mol. The Morgan fingerprint density at radius 1 is 1.10 bits per heavy atom. The lowest BCUT2D eigenvalue weighted by Gasteiger charge is -2.08. The summed E-state index contributed by atoms with van der Waals surface area (Å²) in [5.41, 5.74) is 2.32. The number of amides is 1. The minimum absolute atomic E-state index is 0.207. The molecule has 1 aromatic carbocycles. The number of benzene rings is 1. The number of pyridine rings is 1. The zero-order valence-electron chi connectivity index (χ0n) is 11.6. The van der Waals surface area contributed by atoms with Crippen LogP contribution in [0, 0.1) is 6.92 Å². The van der Waals surface area contributed by atoms with Gasteiger partial charge in [-0.25, -0.2) is 9.97 Å². The summed E-state index contributed by atoms with van der Waals surface area (Å²) in [5.74, 6) is 0.374. The highest BCUT2D eigenvalue weighted by Gasteiger charge is 2.08. The fourth-order valence-electron chi connectivity index (χ4n) is 2.16. The van der Waals surface area contributed by atoms with Crippen molar-refractivity contribution in [2.45, 2.75) is 13.5 Å². The van der Waals surface area contributed by atoms with Gasteiger partial charge in [0.1, 0.15) is 11.5 Å². The Morgan fingerprint density at radius 3 is 2.76 bits per heavy atom. The maximum Gasteiger partial charge on any atom is 0.270 e. The van der Waals surface area contributed by atoms with Gasteiger partial charge in [0.2, 0.25) is 0 Å². The van der Waals surface area contributed by atoms with Crippen molar-refractivity contribution in [3.63, 3.8) is 0 Å². The molecule has 2 heterocycles. The maximum absolute atomic E-state index is 12.1. The van der Waals surface area contributed by atoms with E-state index in [0.717, 1.165) is 16.5 Å². The fraction of sp³-hybridized carbons (Fsp3) is 0.125. The quantitative estimate of drug-likeness (QED) is 0.798. The van der Waals surface area contributed by atoms with Gasteiger partial charge in [-0.2, -0.15) is 0 Å². The molecule has 0 aliphatic rings. The van der Waals surface area contributed by atoms with Crippen molar-refractivity contribution < 1.29 is 4.79 Å². The Morgan fingerprint density at radius 2 is 1.90 bits per heavy atom. The highest BCUT2D eigenvalue weighted by Crippen LogP contribution is 2.15. The molecule has 0 spiro atoms. The molecule has 0 bridgehead atoms. The van der Waals surface area contributed by atoms with Crippen LogP contribution in [0.2, 0.25) is 0 Å². The minimum Gasteiger partial charge on any atom is -0.347 e. The summed E-state index contributed by atoms with van der Waals surface area (Å²) in [6, 6.07) is 11.4. The second-order valence-electron chi connectivity index (χ2n) is 4.66. The van der Waals surface area contributed by atoms with Crippen molar-refractivity contribution in [1.29, 1.82) is 0 Å². The van der Waals surface area contributed by atoms with Crippen molar-refractivity contribution in [3.8, 4) is 0 Å².